The predicted molar refractivity (Wildman–Crippen MR) is 118 cm³/mol. The summed E-state index contributed by atoms with van der Waals surface area (Å²) in [7, 11) is 0. The third-order valence-electron chi connectivity index (χ3n) is 4.61. The number of aromatic amines is 1. The minimum atomic E-state index is -0.645. The van der Waals surface area contributed by atoms with Gasteiger partial charge < -0.3 is 14.6 Å². The molecule has 2 rings (SSSR count). The van der Waals surface area contributed by atoms with Gasteiger partial charge in [-0.15, -0.1) is 0 Å². The van der Waals surface area contributed by atoms with Gasteiger partial charge in [0.2, 0.25) is 0 Å². The number of amides is 1. The SMILES string of the molecule is CCOC(=O)c1c(C)[nH]c(C(=O)C(=O)N(CC(C)C)CC(C)C)c1-c1ccccc1. The van der Waals surface area contributed by atoms with Gasteiger partial charge in [0.05, 0.1) is 12.2 Å². The van der Waals surface area contributed by atoms with Gasteiger partial charge in [0.1, 0.15) is 5.69 Å². The van der Waals surface area contributed by atoms with Crippen LogP contribution >= 0.6 is 0 Å². The first-order valence-electron chi connectivity index (χ1n) is 10.5. The second kappa shape index (κ2) is 10.2. The molecule has 6 nitrogen and oxygen atoms in total. The average Bonchev–Trinajstić information content (AvgIpc) is 3.03. The number of ether oxygens (including phenoxy) is 1. The molecule has 0 aliphatic heterocycles. The zero-order valence-electron chi connectivity index (χ0n) is 18.7. The third-order valence-corrected chi connectivity index (χ3v) is 4.61. The second-order valence-electron chi connectivity index (χ2n) is 8.29. The van der Waals surface area contributed by atoms with Crippen molar-refractivity contribution in [2.45, 2.75) is 41.5 Å². The molecule has 1 aromatic heterocycles. The number of nitrogens with zero attached hydrogens (tertiary/aromatic N) is 1. The fourth-order valence-electron chi connectivity index (χ4n) is 3.52. The number of benzene rings is 1. The van der Waals surface area contributed by atoms with Gasteiger partial charge in [-0.05, 0) is 31.2 Å². The average molecular weight is 413 g/mol. The van der Waals surface area contributed by atoms with Gasteiger partial charge in [-0.2, -0.15) is 0 Å². The predicted octanol–water partition coefficient (Wildman–Crippen LogP) is 4.49. The van der Waals surface area contributed by atoms with Crippen LogP contribution in [0.4, 0.5) is 0 Å². The number of rotatable bonds is 9. The van der Waals surface area contributed by atoms with Gasteiger partial charge in [-0.25, -0.2) is 4.79 Å². The van der Waals surface area contributed by atoms with E-state index in [0.717, 1.165) is 0 Å². The van der Waals surface area contributed by atoms with Crippen LogP contribution < -0.4 is 0 Å². The zero-order chi connectivity index (χ0) is 22.4. The van der Waals surface area contributed by atoms with Crippen LogP contribution in [0, 0.1) is 18.8 Å². The topological polar surface area (TPSA) is 79.5 Å². The number of carbonyl (C=O) groups excluding carboxylic acids is 3. The lowest BCUT2D eigenvalue weighted by molar-refractivity contribution is -0.127. The Morgan fingerprint density at radius 2 is 1.57 bits per heavy atom. The number of hydrogen-bond donors (Lipinski definition) is 1. The quantitative estimate of drug-likeness (QED) is 0.374. The summed E-state index contributed by atoms with van der Waals surface area (Å²) in [5.74, 6) is -1.26. The number of hydrogen-bond acceptors (Lipinski definition) is 4. The maximum atomic E-state index is 13.3. The Morgan fingerprint density at radius 1 is 1.00 bits per heavy atom. The maximum absolute atomic E-state index is 13.3. The molecule has 1 amide bonds. The van der Waals surface area contributed by atoms with Gasteiger partial charge in [-0.1, -0.05) is 58.0 Å². The molecular weight excluding hydrogens is 380 g/mol. The minimum Gasteiger partial charge on any atom is -0.462 e. The van der Waals surface area contributed by atoms with Crippen molar-refractivity contribution in [2.24, 2.45) is 11.8 Å². The number of nitrogens with one attached hydrogen (secondary N) is 1. The van der Waals surface area contributed by atoms with E-state index in [1.54, 1.807) is 18.7 Å². The largest absolute Gasteiger partial charge is 0.462 e. The molecule has 0 aliphatic carbocycles. The smallest absolute Gasteiger partial charge is 0.340 e. The lowest BCUT2D eigenvalue weighted by atomic mass is 9.98. The normalized spacial score (nSPS) is 11.1. The molecule has 0 unspecified atom stereocenters. The van der Waals surface area contributed by atoms with E-state index in [-0.39, 0.29) is 24.1 Å². The lowest BCUT2D eigenvalue weighted by Crippen LogP contribution is -2.41. The van der Waals surface area contributed by atoms with Crippen molar-refractivity contribution in [2.75, 3.05) is 19.7 Å². The number of aromatic nitrogens is 1. The van der Waals surface area contributed by atoms with Crippen molar-refractivity contribution in [3.05, 3.63) is 47.3 Å². The summed E-state index contributed by atoms with van der Waals surface area (Å²) in [5.41, 5.74) is 2.02. The molecular formula is C24H32N2O4. The van der Waals surface area contributed by atoms with Crippen molar-refractivity contribution >= 4 is 17.7 Å². The molecule has 0 bridgehead atoms. The number of esters is 1. The van der Waals surface area contributed by atoms with Crippen LogP contribution in [0.5, 0.6) is 0 Å². The van der Waals surface area contributed by atoms with Crippen LogP contribution in [0.15, 0.2) is 30.3 Å². The minimum absolute atomic E-state index is 0.129. The molecule has 0 saturated heterocycles. The van der Waals surface area contributed by atoms with Crippen LogP contribution in [-0.2, 0) is 9.53 Å². The van der Waals surface area contributed by atoms with Gasteiger partial charge >= 0.3 is 5.97 Å². The molecule has 0 spiro atoms. The van der Waals surface area contributed by atoms with E-state index in [4.69, 9.17) is 4.74 Å². The first kappa shape index (κ1) is 23.4. The molecule has 0 fully saturated rings. The number of H-pyrrole nitrogens is 1. The van der Waals surface area contributed by atoms with Crippen LogP contribution in [0.2, 0.25) is 0 Å². The van der Waals surface area contributed by atoms with Crippen molar-refractivity contribution in [3.8, 4) is 11.1 Å². The highest BCUT2D eigenvalue weighted by Gasteiger charge is 2.32. The molecule has 1 heterocycles. The number of aryl methyl sites for hydroxylation is 1. The molecule has 1 N–H and O–H groups in total. The van der Waals surface area contributed by atoms with E-state index in [0.29, 0.717) is 35.5 Å². The highest BCUT2D eigenvalue weighted by atomic mass is 16.5. The van der Waals surface area contributed by atoms with E-state index in [1.165, 1.54) is 0 Å². The fourth-order valence-corrected chi connectivity index (χ4v) is 3.52. The second-order valence-corrected chi connectivity index (χ2v) is 8.29. The summed E-state index contributed by atoms with van der Waals surface area (Å²) >= 11 is 0. The van der Waals surface area contributed by atoms with E-state index < -0.39 is 17.7 Å². The maximum Gasteiger partial charge on any atom is 0.340 e. The number of Topliss-reactive ketones (excluding diaryl/α,β-unsaturated/α-hetero) is 1. The molecule has 2 aromatic rings. The third kappa shape index (κ3) is 5.38. The summed E-state index contributed by atoms with van der Waals surface area (Å²) in [5, 5.41) is 0. The lowest BCUT2D eigenvalue weighted by Gasteiger charge is -2.25. The molecule has 6 heteroatoms. The molecule has 0 saturated carbocycles. The Bertz CT molecular complexity index is 887. The highest BCUT2D eigenvalue weighted by Crippen LogP contribution is 2.31. The molecule has 0 radical (unpaired) electrons. The van der Waals surface area contributed by atoms with Gasteiger partial charge in [0.15, 0.2) is 0 Å². The van der Waals surface area contributed by atoms with Crippen LogP contribution in [0.25, 0.3) is 11.1 Å². The molecule has 1 aromatic carbocycles. The molecule has 30 heavy (non-hydrogen) atoms. The standard InChI is InChI=1S/C24H32N2O4/c1-7-30-24(29)19-17(6)25-21(20(19)18-11-9-8-10-12-18)22(27)23(28)26(13-15(2)3)14-16(4)5/h8-12,15-16,25H,7,13-14H2,1-6H3. The highest BCUT2D eigenvalue weighted by molar-refractivity contribution is 6.43. The summed E-state index contributed by atoms with van der Waals surface area (Å²) in [6, 6.07) is 9.13. The Kier molecular flexibility index (Phi) is 7.98. The Morgan fingerprint density at radius 3 is 2.07 bits per heavy atom. The first-order chi connectivity index (χ1) is 14.2. The van der Waals surface area contributed by atoms with Gasteiger partial charge in [-0.3, -0.25) is 9.59 Å². The molecule has 0 aliphatic rings. The number of carbonyl (C=O) groups is 3. The van der Waals surface area contributed by atoms with Crippen LogP contribution in [0.1, 0.15) is 61.2 Å². The van der Waals surface area contributed by atoms with E-state index in [1.807, 2.05) is 58.0 Å². The van der Waals surface area contributed by atoms with Crippen molar-refractivity contribution in [1.82, 2.24) is 9.88 Å². The summed E-state index contributed by atoms with van der Waals surface area (Å²) in [4.78, 5) is 43.7. The fraction of sp³-hybridized carbons (Fsp3) is 0.458. The number of ketones is 1. The molecule has 0 atom stereocenters. The van der Waals surface area contributed by atoms with Crippen LogP contribution in [0.3, 0.4) is 0 Å². The van der Waals surface area contributed by atoms with Crippen molar-refractivity contribution < 1.29 is 19.1 Å². The molecule has 162 valence electrons. The van der Waals surface area contributed by atoms with E-state index in [9.17, 15) is 14.4 Å². The summed E-state index contributed by atoms with van der Waals surface area (Å²) < 4.78 is 5.21. The first-order valence-corrected chi connectivity index (χ1v) is 10.5. The van der Waals surface area contributed by atoms with Gasteiger partial charge in [0.25, 0.3) is 11.7 Å². The van der Waals surface area contributed by atoms with E-state index >= 15 is 0 Å². The zero-order valence-corrected chi connectivity index (χ0v) is 18.7. The monoisotopic (exact) mass is 412 g/mol. The Balaban J connectivity index is 2.57. The Labute approximate surface area is 178 Å². The summed E-state index contributed by atoms with van der Waals surface area (Å²) in [6.07, 6.45) is 0. The van der Waals surface area contributed by atoms with Gasteiger partial charge in [0, 0.05) is 24.3 Å². The van der Waals surface area contributed by atoms with Crippen molar-refractivity contribution in [1.29, 1.82) is 0 Å². The summed E-state index contributed by atoms with van der Waals surface area (Å²) in [6.45, 7) is 12.7. The Hall–Kier alpha value is -2.89. The van der Waals surface area contributed by atoms with Crippen molar-refractivity contribution in [3.63, 3.8) is 0 Å². The van der Waals surface area contributed by atoms with E-state index in [2.05, 4.69) is 4.98 Å². The van der Waals surface area contributed by atoms with Crippen LogP contribution in [-0.4, -0.2) is 47.2 Å².